The number of ketones is 1. The minimum absolute atomic E-state index is 0.00699. The zero-order valence-electron chi connectivity index (χ0n) is 20.0. The molecule has 2 atom stereocenters. The Morgan fingerprint density at radius 3 is 2.14 bits per heavy atom. The van der Waals surface area contributed by atoms with Crippen LogP contribution < -0.4 is 0 Å². The molecule has 6 rings (SSSR count). The molecule has 0 radical (unpaired) electrons. The molecule has 3 aromatic rings. The number of pyridine rings is 1. The van der Waals surface area contributed by atoms with Gasteiger partial charge < -0.3 is 9.64 Å². The molecule has 0 saturated carbocycles. The Kier molecular flexibility index (Phi) is 5.63. The summed E-state index contributed by atoms with van der Waals surface area (Å²) >= 11 is 0. The molecule has 2 saturated heterocycles. The van der Waals surface area contributed by atoms with Crippen molar-refractivity contribution in [2.24, 2.45) is 5.92 Å². The minimum atomic E-state index is -0.231. The molecule has 1 aliphatic carbocycles. The molecule has 0 N–H and O–H groups in total. The average molecular weight is 467 g/mol. The fraction of sp³-hybridized carbons (Fsp3) is 0.367. The number of hydrogen-bond donors (Lipinski definition) is 0. The summed E-state index contributed by atoms with van der Waals surface area (Å²) in [6, 6.07) is 22.8. The van der Waals surface area contributed by atoms with E-state index in [0.29, 0.717) is 13.0 Å². The van der Waals surface area contributed by atoms with Crippen molar-refractivity contribution < 1.29 is 14.3 Å². The van der Waals surface area contributed by atoms with E-state index >= 15 is 0 Å². The number of fused-ring (bicyclic) bond motifs is 5. The number of hydrogen-bond acceptors (Lipinski definition) is 4. The third-order valence-electron chi connectivity index (χ3n) is 8.04. The van der Waals surface area contributed by atoms with Crippen LogP contribution in [0.2, 0.25) is 0 Å². The first-order chi connectivity index (χ1) is 17.1. The third kappa shape index (κ3) is 4.03. The normalized spacial score (nSPS) is 22.5. The first kappa shape index (κ1) is 22.0. The van der Waals surface area contributed by atoms with Gasteiger partial charge in [0.25, 0.3) is 0 Å². The van der Waals surface area contributed by atoms with Gasteiger partial charge in [-0.25, -0.2) is 4.79 Å². The van der Waals surface area contributed by atoms with Crippen molar-refractivity contribution in [1.29, 1.82) is 0 Å². The van der Waals surface area contributed by atoms with Gasteiger partial charge in [0.1, 0.15) is 12.4 Å². The Balaban J connectivity index is 1.11. The van der Waals surface area contributed by atoms with Gasteiger partial charge in [0, 0.05) is 41.7 Å². The van der Waals surface area contributed by atoms with Gasteiger partial charge in [-0.15, -0.1) is 0 Å². The second kappa shape index (κ2) is 8.95. The fourth-order valence-electron chi connectivity index (χ4n) is 6.43. The molecule has 5 heteroatoms. The number of rotatable bonds is 5. The van der Waals surface area contributed by atoms with Crippen LogP contribution in [0.25, 0.3) is 11.1 Å². The van der Waals surface area contributed by atoms with Gasteiger partial charge in [-0.3, -0.25) is 9.78 Å². The molecule has 2 fully saturated rings. The number of Topliss-reactive ketones (excluding diaryl/α,β-unsaturated/α-hetero) is 1. The minimum Gasteiger partial charge on any atom is -0.448 e. The van der Waals surface area contributed by atoms with E-state index in [-0.39, 0.29) is 35.8 Å². The van der Waals surface area contributed by atoms with Crippen molar-refractivity contribution in [3.63, 3.8) is 0 Å². The van der Waals surface area contributed by atoms with Crippen LogP contribution in [0.1, 0.15) is 54.1 Å². The van der Waals surface area contributed by atoms with Crippen molar-refractivity contribution in [2.75, 3.05) is 6.61 Å². The lowest BCUT2D eigenvalue weighted by Gasteiger charge is -2.37. The van der Waals surface area contributed by atoms with Crippen molar-refractivity contribution in [3.05, 3.63) is 89.2 Å². The summed E-state index contributed by atoms with van der Waals surface area (Å²) in [5.41, 5.74) is 6.66. The number of ether oxygens (including phenoxy) is 1. The molecule has 2 unspecified atom stereocenters. The maximum absolute atomic E-state index is 13.3. The molecule has 2 bridgehead atoms. The second-order valence-corrected chi connectivity index (χ2v) is 10.2. The Bertz CT molecular complexity index is 1230. The Morgan fingerprint density at radius 2 is 1.51 bits per heavy atom. The van der Waals surface area contributed by atoms with Gasteiger partial charge in [-0.1, -0.05) is 54.6 Å². The molecule has 3 heterocycles. The van der Waals surface area contributed by atoms with Gasteiger partial charge in [-0.05, 0) is 67.0 Å². The SMILES string of the molecule is Cc1cccc(CC(=O)C2CC3CCC(C2)N3C(=O)OCC2c3ccccc3-c3ccccc32)n1. The number of aryl methyl sites for hydroxylation is 1. The lowest BCUT2D eigenvalue weighted by atomic mass is 9.86. The van der Waals surface area contributed by atoms with Crippen LogP contribution in [-0.2, 0) is 16.0 Å². The zero-order chi connectivity index (χ0) is 23.9. The highest BCUT2D eigenvalue weighted by molar-refractivity contribution is 5.83. The first-order valence-corrected chi connectivity index (χ1v) is 12.7. The number of carbonyl (C=O) groups excluding carboxylic acids is 2. The highest BCUT2D eigenvalue weighted by Gasteiger charge is 2.46. The van der Waals surface area contributed by atoms with Crippen LogP contribution >= 0.6 is 0 Å². The number of amides is 1. The van der Waals surface area contributed by atoms with E-state index in [1.54, 1.807) is 0 Å². The lowest BCUT2D eigenvalue weighted by molar-refractivity contribution is -0.124. The van der Waals surface area contributed by atoms with Crippen LogP contribution in [0.5, 0.6) is 0 Å². The highest BCUT2D eigenvalue weighted by Crippen LogP contribution is 2.45. The van der Waals surface area contributed by atoms with Crippen LogP contribution in [0.4, 0.5) is 4.79 Å². The lowest BCUT2D eigenvalue weighted by Crippen LogP contribution is -2.48. The summed E-state index contributed by atoms with van der Waals surface area (Å²) in [7, 11) is 0. The largest absolute Gasteiger partial charge is 0.448 e. The Labute approximate surface area is 206 Å². The topological polar surface area (TPSA) is 59.5 Å². The van der Waals surface area contributed by atoms with Crippen molar-refractivity contribution >= 4 is 11.9 Å². The Hall–Kier alpha value is -3.47. The molecule has 35 heavy (non-hydrogen) atoms. The quantitative estimate of drug-likeness (QED) is 0.484. The Morgan fingerprint density at radius 1 is 0.886 bits per heavy atom. The summed E-state index contributed by atoms with van der Waals surface area (Å²) < 4.78 is 5.96. The van der Waals surface area contributed by atoms with Crippen molar-refractivity contribution in [2.45, 2.75) is 57.0 Å². The number of benzene rings is 2. The monoisotopic (exact) mass is 466 g/mol. The highest BCUT2D eigenvalue weighted by atomic mass is 16.6. The van der Waals surface area contributed by atoms with E-state index in [0.717, 1.165) is 37.1 Å². The maximum Gasteiger partial charge on any atom is 0.410 e. The predicted molar refractivity (Wildman–Crippen MR) is 134 cm³/mol. The third-order valence-corrected chi connectivity index (χ3v) is 8.04. The fourth-order valence-corrected chi connectivity index (χ4v) is 6.43. The van der Waals surface area contributed by atoms with Crippen LogP contribution in [0.3, 0.4) is 0 Å². The van der Waals surface area contributed by atoms with Crippen LogP contribution in [0.15, 0.2) is 66.7 Å². The molecule has 2 aliphatic heterocycles. The van der Waals surface area contributed by atoms with Gasteiger partial charge >= 0.3 is 6.09 Å². The number of nitrogens with zero attached hydrogens (tertiary/aromatic N) is 2. The summed E-state index contributed by atoms with van der Waals surface area (Å²) in [5.74, 6) is 0.296. The number of aromatic nitrogens is 1. The van der Waals surface area contributed by atoms with Crippen LogP contribution in [-0.4, -0.2) is 40.5 Å². The van der Waals surface area contributed by atoms with Gasteiger partial charge in [0.05, 0.1) is 0 Å². The molecular formula is C30H30N2O3. The average Bonchev–Trinajstić information content (AvgIpc) is 3.33. The van der Waals surface area contributed by atoms with E-state index in [2.05, 4.69) is 41.4 Å². The van der Waals surface area contributed by atoms with E-state index in [9.17, 15) is 9.59 Å². The molecule has 178 valence electrons. The van der Waals surface area contributed by atoms with Crippen LogP contribution in [0, 0.1) is 12.8 Å². The zero-order valence-corrected chi connectivity index (χ0v) is 20.0. The number of carbonyl (C=O) groups is 2. The predicted octanol–water partition coefficient (Wildman–Crippen LogP) is 5.69. The molecule has 5 nitrogen and oxygen atoms in total. The molecule has 0 spiro atoms. The molecule has 1 aromatic heterocycles. The van der Waals surface area contributed by atoms with E-state index < -0.39 is 0 Å². The van der Waals surface area contributed by atoms with Crippen molar-refractivity contribution in [3.8, 4) is 11.1 Å². The maximum atomic E-state index is 13.3. The number of piperidine rings is 1. The van der Waals surface area contributed by atoms with Gasteiger partial charge in [0.2, 0.25) is 0 Å². The summed E-state index contributed by atoms with van der Waals surface area (Å²) in [4.78, 5) is 32.7. The second-order valence-electron chi connectivity index (χ2n) is 10.2. The first-order valence-electron chi connectivity index (χ1n) is 12.7. The van der Waals surface area contributed by atoms with Gasteiger partial charge in [0.15, 0.2) is 0 Å². The summed E-state index contributed by atoms with van der Waals surface area (Å²) in [6.07, 6.45) is 3.49. The van der Waals surface area contributed by atoms with E-state index in [1.807, 2.05) is 42.2 Å². The molecule has 1 amide bonds. The molecular weight excluding hydrogens is 436 g/mol. The van der Waals surface area contributed by atoms with E-state index in [4.69, 9.17) is 4.74 Å². The standard InChI is InChI=1S/C30H30N2O3/c1-19-7-6-8-21(31-19)17-29(33)20-15-22-13-14-23(16-20)32(22)30(34)35-18-28-26-11-4-2-9-24(26)25-10-3-5-12-27(25)28/h2-12,20,22-23,28H,13-18H2,1H3. The van der Waals surface area contributed by atoms with Crippen molar-refractivity contribution in [1.82, 2.24) is 9.88 Å². The smallest absolute Gasteiger partial charge is 0.410 e. The summed E-state index contributed by atoms with van der Waals surface area (Å²) in [6.45, 7) is 2.28. The summed E-state index contributed by atoms with van der Waals surface area (Å²) in [5, 5.41) is 0. The molecule has 3 aliphatic rings. The van der Waals surface area contributed by atoms with E-state index in [1.165, 1.54) is 22.3 Å². The van der Waals surface area contributed by atoms with Gasteiger partial charge in [-0.2, -0.15) is 0 Å². The molecule has 2 aromatic carbocycles.